The Bertz CT molecular complexity index is 1470. The summed E-state index contributed by atoms with van der Waals surface area (Å²) in [6, 6.07) is 10.1. The van der Waals surface area contributed by atoms with Crippen molar-refractivity contribution in [1.29, 1.82) is 5.26 Å². The van der Waals surface area contributed by atoms with E-state index >= 15 is 0 Å². The van der Waals surface area contributed by atoms with Crippen molar-refractivity contribution in [3.8, 4) is 6.07 Å². The summed E-state index contributed by atoms with van der Waals surface area (Å²) >= 11 is 0. The smallest absolute Gasteiger partial charge is 0.261 e. The van der Waals surface area contributed by atoms with Crippen LogP contribution in [-0.2, 0) is 19.5 Å². The zero-order chi connectivity index (χ0) is 25.5. The van der Waals surface area contributed by atoms with Crippen LogP contribution in [0.1, 0.15) is 26.3 Å². The molecule has 3 aromatic rings. The molecule has 11 nitrogen and oxygen atoms in total. The molecule has 0 saturated carbocycles. The summed E-state index contributed by atoms with van der Waals surface area (Å²) in [6.45, 7) is 5.48. The first-order valence-corrected chi connectivity index (χ1v) is 13.2. The maximum Gasteiger partial charge on any atom is 0.261 e. The van der Waals surface area contributed by atoms with Crippen molar-refractivity contribution in [3.63, 3.8) is 0 Å². The van der Waals surface area contributed by atoms with Crippen molar-refractivity contribution in [2.45, 2.75) is 36.8 Å². The average Bonchev–Trinajstić information content (AvgIpc) is 3.23. The van der Waals surface area contributed by atoms with E-state index in [4.69, 9.17) is 9.47 Å². The minimum atomic E-state index is -3.68. The molecule has 2 fully saturated rings. The Balaban J connectivity index is 1.44. The predicted octanol–water partition coefficient (Wildman–Crippen LogP) is 2.37. The molecule has 36 heavy (non-hydrogen) atoms. The Labute approximate surface area is 208 Å². The third kappa shape index (κ3) is 4.51. The molecule has 2 saturated heterocycles. The number of hydrogen-bond donors (Lipinski definition) is 2. The summed E-state index contributed by atoms with van der Waals surface area (Å²) in [5.41, 5.74) is 0.294. The van der Waals surface area contributed by atoms with Crippen LogP contribution >= 0.6 is 0 Å². The Morgan fingerprint density at radius 3 is 2.72 bits per heavy atom. The number of pyridine rings is 1. The van der Waals surface area contributed by atoms with Gasteiger partial charge in [-0.05, 0) is 50.6 Å². The first-order valence-electron chi connectivity index (χ1n) is 11.8. The summed E-state index contributed by atoms with van der Waals surface area (Å²) in [5, 5.41) is 17.8. The Hall–Kier alpha value is -3.24. The molecule has 0 amide bonds. The standard InChI is InChI=1S/C24H28N6O5S/c1-24(2)15-29(10-12-35-24)36(32,33)18-5-3-17(4-6-18)27-22-21-19(7-9-26-23(21)31)30(28-22)20-14-34-11-8-16(20)13-25/h3-7,9,16,20H,8,10-12,14-15H2,1-2H3,(H,26,31)(H,27,28)/t16?,20-/m0/s1. The highest BCUT2D eigenvalue weighted by atomic mass is 32.2. The van der Waals surface area contributed by atoms with Crippen LogP contribution in [0.5, 0.6) is 0 Å². The average molecular weight is 513 g/mol. The largest absolute Gasteiger partial charge is 0.379 e. The maximum atomic E-state index is 13.2. The first-order chi connectivity index (χ1) is 17.2. The van der Waals surface area contributed by atoms with Gasteiger partial charge in [0.1, 0.15) is 5.39 Å². The molecule has 2 atom stereocenters. The van der Waals surface area contributed by atoms with Crippen molar-refractivity contribution >= 4 is 32.4 Å². The molecule has 5 rings (SSSR count). The molecule has 190 valence electrons. The van der Waals surface area contributed by atoms with Crippen LogP contribution in [0.25, 0.3) is 10.9 Å². The van der Waals surface area contributed by atoms with Crippen LogP contribution in [0.4, 0.5) is 11.5 Å². The summed E-state index contributed by atoms with van der Waals surface area (Å²) in [7, 11) is -3.68. The van der Waals surface area contributed by atoms with E-state index in [1.807, 2.05) is 13.8 Å². The van der Waals surface area contributed by atoms with Crippen LogP contribution < -0.4 is 10.9 Å². The second-order valence-electron chi connectivity index (χ2n) is 9.62. The van der Waals surface area contributed by atoms with Gasteiger partial charge in [-0.15, -0.1) is 0 Å². The number of ether oxygens (including phenoxy) is 2. The lowest BCUT2D eigenvalue weighted by atomic mass is 9.96. The van der Waals surface area contributed by atoms with Crippen LogP contribution in [0.3, 0.4) is 0 Å². The summed E-state index contributed by atoms with van der Waals surface area (Å²) < 4.78 is 40.7. The topological polar surface area (TPSA) is 142 Å². The molecule has 0 radical (unpaired) electrons. The number of nitrogens with zero attached hydrogens (tertiary/aromatic N) is 4. The molecule has 12 heteroatoms. The molecule has 1 aromatic carbocycles. The van der Waals surface area contributed by atoms with Gasteiger partial charge >= 0.3 is 0 Å². The van der Waals surface area contributed by atoms with Gasteiger partial charge in [-0.25, -0.2) is 8.42 Å². The molecule has 0 aliphatic carbocycles. The van der Waals surface area contributed by atoms with E-state index in [0.29, 0.717) is 55.2 Å². The lowest BCUT2D eigenvalue weighted by molar-refractivity contribution is -0.0640. The summed E-state index contributed by atoms with van der Waals surface area (Å²) in [4.78, 5) is 15.6. The van der Waals surface area contributed by atoms with Crippen molar-refractivity contribution < 1.29 is 17.9 Å². The number of aromatic amines is 1. The van der Waals surface area contributed by atoms with Gasteiger partial charge in [-0.3, -0.25) is 9.48 Å². The number of nitrogens with one attached hydrogen (secondary N) is 2. The number of hydrogen-bond acceptors (Lipinski definition) is 8. The minimum absolute atomic E-state index is 0.176. The highest BCUT2D eigenvalue weighted by Gasteiger charge is 2.35. The zero-order valence-electron chi connectivity index (χ0n) is 20.1. The highest BCUT2D eigenvalue weighted by molar-refractivity contribution is 7.89. The van der Waals surface area contributed by atoms with Gasteiger partial charge in [0.2, 0.25) is 10.0 Å². The summed E-state index contributed by atoms with van der Waals surface area (Å²) in [5.74, 6) is 0.0308. The van der Waals surface area contributed by atoms with E-state index in [1.54, 1.807) is 29.1 Å². The number of rotatable bonds is 5. The zero-order valence-corrected chi connectivity index (χ0v) is 20.9. The molecule has 2 aliphatic heterocycles. The van der Waals surface area contributed by atoms with Gasteiger partial charge in [0, 0.05) is 31.6 Å². The summed E-state index contributed by atoms with van der Waals surface area (Å²) in [6.07, 6.45) is 2.13. The van der Waals surface area contributed by atoms with E-state index in [0.717, 1.165) is 0 Å². The minimum Gasteiger partial charge on any atom is -0.379 e. The Kier molecular flexibility index (Phi) is 6.34. The molecule has 2 aliphatic rings. The third-order valence-electron chi connectivity index (χ3n) is 6.58. The van der Waals surface area contributed by atoms with Gasteiger partial charge in [0.05, 0.1) is 47.3 Å². The molecule has 4 heterocycles. The Morgan fingerprint density at radius 2 is 2.00 bits per heavy atom. The van der Waals surface area contributed by atoms with Crippen LogP contribution in [0.15, 0.2) is 46.2 Å². The first kappa shape index (κ1) is 24.5. The second kappa shape index (κ2) is 9.33. The normalized spacial score (nSPS) is 22.8. The van der Waals surface area contributed by atoms with E-state index < -0.39 is 15.6 Å². The quantitative estimate of drug-likeness (QED) is 0.531. The van der Waals surface area contributed by atoms with Gasteiger partial charge in [0.15, 0.2) is 5.82 Å². The second-order valence-corrected chi connectivity index (χ2v) is 11.6. The number of nitriles is 1. The van der Waals surface area contributed by atoms with Gasteiger partial charge in [0.25, 0.3) is 5.56 Å². The van der Waals surface area contributed by atoms with Gasteiger partial charge in [-0.2, -0.15) is 14.7 Å². The lowest BCUT2D eigenvalue weighted by Crippen LogP contribution is -2.50. The molecule has 2 N–H and O–H groups in total. The van der Waals surface area contributed by atoms with Crippen molar-refractivity contribution in [1.82, 2.24) is 19.1 Å². The Morgan fingerprint density at radius 1 is 1.22 bits per heavy atom. The number of sulfonamides is 1. The molecular weight excluding hydrogens is 484 g/mol. The fourth-order valence-corrected chi connectivity index (χ4v) is 6.30. The van der Waals surface area contributed by atoms with Crippen molar-refractivity contribution in [2.75, 3.05) is 38.2 Å². The van der Waals surface area contributed by atoms with Crippen LogP contribution in [0, 0.1) is 17.2 Å². The highest BCUT2D eigenvalue weighted by Crippen LogP contribution is 2.32. The van der Waals surface area contributed by atoms with Crippen molar-refractivity contribution in [3.05, 3.63) is 46.9 Å². The van der Waals surface area contributed by atoms with E-state index in [2.05, 4.69) is 21.5 Å². The van der Waals surface area contributed by atoms with Gasteiger partial charge < -0.3 is 19.8 Å². The fourth-order valence-electron chi connectivity index (χ4n) is 4.73. The molecule has 0 spiro atoms. The fraction of sp³-hybridized carbons (Fsp3) is 0.458. The number of benzene rings is 1. The number of anilines is 2. The maximum absolute atomic E-state index is 13.2. The number of fused-ring (bicyclic) bond motifs is 1. The molecule has 2 aromatic heterocycles. The number of aromatic nitrogens is 3. The number of morpholine rings is 1. The van der Waals surface area contributed by atoms with E-state index in [9.17, 15) is 18.5 Å². The van der Waals surface area contributed by atoms with E-state index in [-0.39, 0.29) is 29.0 Å². The molecule has 0 bridgehead atoms. The molecular formula is C24H28N6O5S. The van der Waals surface area contributed by atoms with Gasteiger partial charge in [-0.1, -0.05) is 0 Å². The number of H-pyrrole nitrogens is 1. The lowest BCUT2D eigenvalue weighted by Gasteiger charge is -2.37. The molecule has 1 unspecified atom stereocenters. The van der Waals surface area contributed by atoms with Crippen molar-refractivity contribution in [2.24, 2.45) is 5.92 Å². The van der Waals surface area contributed by atoms with E-state index in [1.165, 1.54) is 16.4 Å². The predicted molar refractivity (Wildman–Crippen MR) is 132 cm³/mol. The monoisotopic (exact) mass is 512 g/mol. The SMILES string of the molecule is CC1(C)CN(S(=O)(=O)c2ccc(Nc3nn([C@H]4COCCC4C#N)c4cc[nH]c(=O)c34)cc2)CCO1. The van der Waals surface area contributed by atoms with Crippen LogP contribution in [-0.4, -0.2) is 66.0 Å². The third-order valence-corrected chi connectivity index (χ3v) is 8.44. The van der Waals surface area contributed by atoms with Crippen LogP contribution in [0.2, 0.25) is 0 Å².